The van der Waals surface area contributed by atoms with E-state index in [1.807, 2.05) is 0 Å². The van der Waals surface area contributed by atoms with Crippen molar-refractivity contribution < 1.29 is 27.8 Å². The first-order valence-electron chi connectivity index (χ1n) is 11.1. The van der Waals surface area contributed by atoms with E-state index in [9.17, 15) is 14.0 Å². The lowest BCUT2D eigenvalue weighted by atomic mass is 9.88. The second kappa shape index (κ2) is 9.47. The lowest BCUT2D eigenvalue weighted by Gasteiger charge is -2.42. The van der Waals surface area contributed by atoms with Gasteiger partial charge in [0.1, 0.15) is 6.10 Å². The van der Waals surface area contributed by atoms with E-state index in [1.54, 1.807) is 48.5 Å². The number of hydrogen-bond acceptors (Lipinski definition) is 4. The molecule has 1 N–H and O–H groups in total. The van der Waals surface area contributed by atoms with Crippen molar-refractivity contribution in [1.29, 1.82) is 0 Å². The number of rotatable bonds is 6. The molecule has 0 radical (unpaired) electrons. The van der Waals surface area contributed by atoms with E-state index in [0.717, 1.165) is 0 Å². The van der Waals surface area contributed by atoms with Crippen LogP contribution in [0.2, 0.25) is 0 Å². The second-order valence-electron chi connectivity index (χ2n) is 8.84. The molecule has 2 aliphatic heterocycles. The highest BCUT2D eigenvalue weighted by Gasteiger charge is 2.50. The lowest BCUT2D eigenvalue weighted by Crippen LogP contribution is -2.61. The minimum absolute atomic E-state index is 0.156. The van der Waals surface area contributed by atoms with Gasteiger partial charge in [0.05, 0.1) is 12.2 Å². The maximum Gasteiger partial charge on any atom is 0.281 e. The molecule has 0 aliphatic carbocycles. The van der Waals surface area contributed by atoms with Gasteiger partial charge in [-0.15, -0.1) is 0 Å². The van der Waals surface area contributed by atoms with E-state index in [1.165, 1.54) is 17.9 Å². The van der Waals surface area contributed by atoms with Gasteiger partial charge in [0.15, 0.2) is 11.6 Å². The van der Waals surface area contributed by atoms with Crippen LogP contribution >= 0.6 is 0 Å². The zero-order chi connectivity index (χ0) is 23.5. The highest BCUT2D eigenvalue weighted by molar-refractivity contribution is 5.90. The largest absolute Gasteiger partial charge is 0.485 e. The maximum atomic E-state index is 16.0. The van der Waals surface area contributed by atoms with Crippen LogP contribution in [-0.2, 0) is 20.7 Å². The molecule has 6 nitrogen and oxygen atoms in total. The van der Waals surface area contributed by atoms with Gasteiger partial charge in [-0.1, -0.05) is 42.5 Å². The molecule has 0 aromatic heterocycles. The molecule has 0 bridgehead atoms. The number of halogens is 2. The van der Waals surface area contributed by atoms with Gasteiger partial charge in [-0.25, -0.2) is 8.78 Å². The third kappa shape index (κ3) is 5.33. The van der Waals surface area contributed by atoms with Crippen molar-refractivity contribution in [2.45, 2.75) is 50.1 Å². The number of para-hydroxylation sites is 1. The number of benzene rings is 2. The molecular formula is C25H28F2N2O4. The number of likely N-dealkylation sites (tertiary alicyclic amines) is 1. The normalized spacial score (nSPS) is 24.3. The third-order valence-corrected chi connectivity index (χ3v) is 6.14. The fourth-order valence-electron chi connectivity index (χ4n) is 4.73. The molecule has 1 spiro atoms. The van der Waals surface area contributed by atoms with E-state index >= 15 is 4.39 Å². The number of alkyl halides is 1. The number of carbonyl (C=O) groups is 2. The summed E-state index contributed by atoms with van der Waals surface area (Å²) >= 11 is 0. The molecule has 2 amide bonds. The van der Waals surface area contributed by atoms with Crippen LogP contribution in [0.3, 0.4) is 0 Å². The van der Waals surface area contributed by atoms with E-state index in [0.29, 0.717) is 31.4 Å². The Kier molecular flexibility index (Phi) is 6.65. The number of amides is 2. The summed E-state index contributed by atoms with van der Waals surface area (Å²) in [5.41, 5.74) is -0.0856. The summed E-state index contributed by atoms with van der Waals surface area (Å²) in [6.45, 7) is 1.99. The summed E-state index contributed by atoms with van der Waals surface area (Å²) in [6.07, 6.45) is 1.14. The van der Waals surface area contributed by atoms with Crippen LogP contribution in [0.4, 0.5) is 8.78 Å². The summed E-state index contributed by atoms with van der Waals surface area (Å²) in [5.74, 6) is -4.26. The van der Waals surface area contributed by atoms with Gasteiger partial charge < -0.3 is 19.7 Å². The molecule has 2 aliphatic rings. The minimum atomic E-state index is -2.56. The molecular weight excluding hydrogens is 430 g/mol. The number of hydrogen-bond donors (Lipinski definition) is 1. The first-order valence-corrected chi connectivity index (χ1v) is 11.1. The van der Waals surface area contributed by atoms with Crippen molar-refractivity contribution in [2.24, 2.45) is 0 Å². The summed E-state index contributed by atoms with van der Waals surface area (Å²) < 4.78 is 41.8. The Hall–Kier alpha value is -3.00. The Bertz CT molecular complexity index is 1000. The van der Waals surface area contributed by atoms with E-state index in [-0.39, 0.29) is 31.4 Å². The predicted octanol–water partition coefficient (Wildman–Crippen LogP) is 3.40. The highest BCUT2D eigenvalue weighted by atomic mass is 19.1. The first-order chi connectivity index (χ1) is 15.8. The first kappa shape index (κ1) is 23.2. The summed E-state index contributed by atoms with van der Waals surface area (Å²) in [7, 11) is 0. The topological polar surface area (TPSA) is 67.9 Å². The van der Waals surface area contributed by atoms with Crippen molar-refractivity contribution >= 4 is 11.8 Å². The lowest BCUT2D eigenvalue weighted by molar-refractivity contribution is -0.156. The maximum absolute atomic E-state index is 16.0. The fraction of sp³-hybridized carbons (Fsp3) is 0.440. The predicted molar refractivity (Wildman–Crippen MR) is 118 cm³/mol. The van der Waals surface area contributed by atoms with E-state index in [2.05, 4.69) is 5.32 Å². The van der Waals surface area contributed by atoms with Crippen molar-refractivity contribution in [1.82, 2.24) is 10.2 Å². The van der Waals surface area contributed by atoms with E-state index < -0.39 is 29.0 Å². The van der Waals surface area contributed by atoms with Gasteiger partial charge in [0.25, 0.3) is 11.7 Å². The molecule has 0 saturated carbocycles. The number of piperidine rings is 1. The summed E-state index contributed by atoms with van der Waals surface area (Å²) in [5, 5.41) is 2.22. The van der Waals surface area contributed by atoms with Crippen LogP contribution in [0.1, 0.15) is 31.7 Å². The SMILES string of the molecule is CC(=O)NC(F)(Cc1ccccc1)C(=O)N1CCC[C@]2(C[C@@H](Oc3ccccc3F)CO2)C1. The number of nitrogens with one attached hydrogen (secondary N) is 1. The second-order valence-corrected chi connectivity index (χ2v) is 8.84. The van der Waals surface area contributed by atoms with E-state index in [4.69, 9.17) is 9.47 Å². The smallest absolute Gasteiger partial charge is 0.281 e. The molecule has 2 saturated heterocycles. The van der Waals surface area contributed by atoms with Crippen LogP contribution in [-0.4, -0.2) is 53.9 Å². The number of carbonyl (C=O) groups excluding carboxylic acids is 2. The molecule has 2 aromatic rings. The Labute approximate surface area is 191 Å². The standard InChI is InChI=1S/C25H28F2N2O4/c1-18(30)28-25(27,14-19-8-3-2-4-9-19)23(31)29-13-7-12-24(17-29)15-20(16-32-24)33-22-11-6-5-10-21(22)26/h2-6,8-11,20H,7,12-17H2,1H3,(H,28,30)/t20-,24+,25?/m1/s1. The molecule has 33 heavy (non-hydrogen) atoms. The van der Waals surface area contributed by atoms with Crippen LogP contribution in [0, 0.1) is 5.82 Å². The highest BCUT2D eigenvalue weighted by Crippen LogP contribution is 2.37. The average Bonchev–Trinajstić information content (AvgIpc) is 3.16. The quantitative estimate of drug-likeness (QED) is 0.674. The molecule has 3 atom stereocenters. The van der Waals surface area contributed by atoms with Crippen LogP contribution in [0.5, 0.6) is 5.75 Å². The molecule has 176 valence electrons. The zero-order valence-corrected chi connectivity index (χ0v) is 18.6. The molecule has 2 heterocycles. The monoisotopic (exact) mass is 458 g/mol. The van der Waals surface area contributed by atoms with Crippen LogP contribution < -0.4 is 10.1 Å². The Balaban J connectivity index is 1.46. The average molecular weight is 459 g/mol. The minimum Gasteiger partial charge on any atom is -0.485 e. The fourth-order valence-corrected chi connectivity index (χ4v) is 4.73. The Morgan fingerprint density at radius 1 is 1.21 bits per heavy atom. The molecule has 4 rings (SSSR count). The number of nitrogens with zero attached hydrogens (tertiary/aromatic N) is 1. The van der Waals surface area contributed by atoms with Gasteiger partial charge in [-0.05, 0) is 30.5 Å². The molecule has 8 heteroatoms. The van der Waals surface area contributed by atoms with Gasteiger partial charge >= 0.3 is 0 Å². The van der Waals surface area contributed by atoms with Crippen molar-refractivity contribution in [3.05, 3.63) is 66.0 Å². The van der Waals surface area contributed by atoms with Crippen LogP contribution in [0.25, 0.3) is 0 Å². The third-order valence-electron chi connectivity index (χ3n) is 6.14. The summed E-state index contributed by atoms with van der Waals surface area (Å²) in [6, 6.07) is 14.9. The van der Waals surface area contributed by atoms with Crippen LogP contribution in [0.15, 0.2) is 54.6 Å². The summed E-state index contributed by atoms with van der Waals surface area (Å²) in [4.78, 5) is 26.5. The molecule has 2 aromatic carbocycles. The Morgan fingerprint density at radius 3 is 2.67 bits per heavy atom. The van der Waals surface area contributed by atoms with Gasteiger partial charge in [-0.2, -0.15) is 0 Å². The van der Waals surface area contributed by atoms with Crippen molar-refractivity contribution in [3.8, 4) is 5.75 Å². The van der Waals surface area contributed by atoms with Gasteiger partial charge in [0.2, 0.25) is 5.91 Å². The zero-order valence-electron chi connectivity index (χ0n) is 18.6. The van der Waals surface area contributed by atoms with Gasteiger partial charge in [-0.3, -0.25) is 9.59 Å². The van der Waals surface area contributed by atoms with Crippen molar-refractivity contribution in [3.63, 3.8) is 0 Å². The van der Waals surface area contributed by atoms with Gasteiger partial charge in [0, 0.05) is 32.9 Å². The Morgan fingerprint density at radius 2 is 1.94 bits per heavy atom. The van der Waals surface area contributed by atoms with Crippen molar-refractivity contribution in [2.75, 3.05) is 19.7 Å². The molecule has 2 fully saturated rings. The number of ether oxygens (including phenoxy) is 2. The molecule has 1 unspecified atom stereocenters.